The first-order valence-corrected chi connectivity index (χ1v) is 12.9. The number of likely N-dealkylation sites (tertiary alicyclic amines) is 1. The molecule has 0 saturated carbocycles. The minimum absolute atomic E-state index is 0.0145. The van der Waals surface area contributed by atoms with Crippen molar-refractivity contribution in [2.45, 2.75) is 43.6 Å². The lowest BCUT2D eigenvalue weighted by atomic mass is 9.96. The summed E-state index contributed by atoms with van der Waals surface area (Å²) >= 11 is 6.06. The number of halogens is 2. The van der Waals surface area contributed by atoms with Crippen molar-refractivity contribution in [3.63, 3.8) is 0 Å². The molecule has 0 aromatic heterocycles. The molecule has 5 rings (SSSR count). The van der Waals surface area contributed by atoms with E-state index in [1.807, 2.05) is 0 Å². The van der Waals surface area contributed by atoms with E-state index >= 15 is 0 Å². The van der Waals surface area contributed by atoms with E-state index in [-0.39, 0.29) is 30.1 Å². The second-order valence-corrected chi connectivity index (χ2v) is 10.1. The van der Waals surface area contributed by atoms with Gasteiger partial charge in [0.15, 0.2) is 0 Å². The van der Waals surface area contributed by atoms with Gasteiger partial charge in [0, 0.05) is 55.2 Å². The highest BCUT2D eigenvalue weighted by molar-refractivity contribution is 6.30. The summed E-state index contributed by atoms with van der Waals surface area (Å²) in [6.45, 7) is 1.68. The molecule has 0 aliphatic carbocycles. The van der Waals surface area contributed by atoms with Crippen LogP contribution in [0.4, 0.5) is 4.39 Å². The standard InChI is InChI=1S/C27H29ClFN3O5/c28-20-6-1-4-18(14-20)25(34)31-11-9-27(10-12-31)32(26(35)19-5-2-7-21(29)15-19)23(17-37-27)24(33)30-16-22-8-3-13-36-22/h1-2,4-7,14-15,22-23H,3,8-13,16-17H2,(H,30,33). The van der Waals surface area contributed by atoms with Crippen LogP contribution >= 0.6 is 11.6 Å². The highest BCUT2D eigenvalue weighted by atomic mass is 35.5. The largest absolute Gasteiger partial charge is 0.376 e. The minimum Gasteiger partial charge on any atom is -0.376 e. The number of rotatable bonds is 5. The van der Waals surface area contributed by atoms with E-state index < -0.39 is 23.5 Å². The van der Waals surface area contributed by atoms with Crippen molar-refractivity contribution < 1.29 is 28.2 Å². The summed E-state index contributed by atoms with van der Waals surface area (Å²) < 4.78 is 25.8. The number of carbonyl (C=O) groups is 3. The Balaban J connectivity index is 1.35. The van der Waals surface area contributed by atoms with Crippen LogP contribution in [-0.4, -0.2) is 78.2 Å². The van der Waals surface area contributed by atoms with Gasteiger partial charge in [0.2, 0.25) is 5.91 Å². The Morgan fingerprint density at radius 1 is 1.05 bits per heavy atom. The topological polar surface area (TPSA) is 88.2 Å². The molecule has 3 aliphatic heterocycles. The van der Waals surface area contributed by atoms with Gasteiger partial charge in [-0.1, -0.05) is 23.7 Å². The number of amides is 3. The molecule has 37 heavy (non-hydrogen) atoms. The number of hydrogen-bond donors (Lipinski definition) is 1. The fourth-order valence-electron chi connectivity index (χ4n) is 5.33. The third-order valence-electron chi connectivity index (χ3n) is 7.29. The summed E-state index contributed by atoms with van der Waals surface area (Å²) in [6, 6.07) is 11.3. The smallest absolute Gasteiger partial charge is 0.256 e. The summed E-state index contributed by atoms with van der Waals surface area (Å²) in [5.41, 5.74) is -0.463. The number of ether oxygens (including phenoxy) is 2. The van der Waals surface area contributed by atoms with E-state index in [1.54, 1.807) is 29.2 Å². The maximum absolute atomic E-state index is 14.0. The third kappa shape index (κ3) is 5.35. The van der Waals surface area contributed by atoms with Crippen LogP contribution < -0.4 is 5.32 Å². The molecule has 3 heterocycles. The lowest BCUT2D eigenvalue weighted by molar-refractivity contribution is -0.128. The number of hydrogen-bond acceptors (Lipinski definition) is 5. The first-order valence-electron chi connectivity index (χ1n) is 12.5. The monoisotopic (exact) mass is 529 g/mol. The van der Waals surface area contributed by atoms with E-state index in [4.69, 9.17) is 21.1 Å². The maximum Gasteiger partial charge on any atom is 0.256 e. The quantitative estimate of drug-likeness (QED) is 0.642. The van der Waals surface area contributed by atoms with Crippen molar-refractivity contribution in [1.82, 2.24) is 15.1 Å². The van der Waals surface area contributed by atoms with Crippen LogP contribution in [0.25, 0.3) is 0 Å². The number of benzene rings is 2. The van der Waals surface area contributed by atoms with Crippen molar-refractivity contribution in [1.29, 1.82) is 0 Å². The van der Waals surface area contributed by atoms with Crippen LogP contribution in [0.15, 0.2) is 48.5 Å². The summed E-state index contributed by atoms with van der Waals surface area (Å²) in [4.78, 5) is 43.1. The summed E-state index contributed by atoms with van der Waals surface area (Å²) in [5, 5.41) is 3.38. The van der Waals surface area contributed by atoms with Gasteiger partial charge in [-0.25, -0.2) is 4.39 Å². The van der Waals surface area contributed by atoms with Gasteiger partial charge in [0.05, 0.1) is 12.7 Å². The number of carbonyl (C=O) groups excluding carboxylic acids is 3. The van der Waals surface area contributed by atoms with Crippen molar-refractivity contribution in [2.24, 2.45) is 0 Å². The summed E-state index contributed by atoms with van der Waals surface area (Å²) in [6.07, 6.45) is 2.40. The van der Waals surface area contributed by atoms with Gasteiger partial charge in [-0.2, -0.15) is 0 Å². The molecule has 1 spiro atoms. The van der Waals surface area contributed by atoms with Gasteiger partial charge in [-0.15, -0.1) is 0 Å². The second-order valence-electron chi connectivity index (χ2n) is 9.64. The van der Waals surface area contributed by atoms with Gasteiger partial charge >= 0.3 is 0 Å². The maximum atomic E-state index is 14.0. The molecule has 2 aromatic carbocycles. The molecule has 196 valence electrons. The van der Waals surface area contributed by atoms with Crippen LogP contribution in [0.1, 0.15) is 46.4 Å². The fraction of sp³-hybridized carbons (Fsp3) is 0.444. The molecule has 3 aliphatic rings. The number of piperidine rings is 1. The van der Waals surface area contributed by atoms with Gasteiger partial charge < -0.3 is 19.7 Å². The van der Waals surface area contributed by atoms with E-state index in [0.29, 0.717) is 49.7 Å². The van der Waals surface area contributed by atoms with Crippen LogP contribution in [0.2, 0.25) is 5.02 Å². The van der Waals surface area contributed by atoms with Gasteiger partial charge in [-0.05, 0) is 49.2 Å². The molecular weight excluding hydrogens is 501 g/mol. The highest BCUT2D eigenvalue weighted by Gasteiger charge is 2.54. The zero-order valence-electron chi connectivity index (χ0n) is 20.3. The molecule has 2 unspecified atom stereocenters. The molecule has 0 radical (unpaired) electrons. The molecule has 0 bridgehead atoms. The Hall–Kier alpha value is -3.01. The predicted octanol–water partition coefficient (Wildman–Crippen LogP) is 3.25. The SMILES string of the molecule is O=C(NCC1CCCO1)C1COC2(CCN(C(=O)c3cccc(Cl)c3)CC2)N1C(=O)c1cccc(F)c1. The molecular formula is C27H29ClFN3O5. The van der Waals surface area contributed by atoms with Crippen LogP contribution in [0.3, 0.4) is 0 Å². The van der Waals surface area contributed by atoms with Crippen molar-refractivity contribution in [3.05, 3.63) is 70.5 Å². The molecule has 2 atom stereocenters. The van der Waals surface area contributed by atoms with Crippen molar-refractivity contribution in [3.8, 4) is 0 Å². The normalized spacial score (nSPS) is 22.9. The predicted molar refractivity (Wildman–Crippen MR) is 134 cm³/mol. The first-order chi connectivity index (χ1) is 17.9. The summed E-state index contributed by atoms with van der Waals surface area (Å²) in [5.74, 6) is -1.52. The minimum atomic E-state index is -1.08. The van der Waals surface area contributed by atoms with Crippen LogP contribution in [0, 0.1) is 5.82 Å². The van der Waals surface area contributed by atoms with Gasteiger partial charge in [0.25, 0.3) is 11.8 Å². The lowest BCUT2D eigenvalue weighted by Crippen LogP contribution is -2.60. The summed E-state index contributed by atoms with van der Waals surface area (Å²) in [7, 11) is 0. The van der Waals surface area contributed by atoms with Crippen LogP contribution in [0.5, 0.6) is 0 Å². The van der Waals surface area contributed by atoms with E-state index in [2.05, 4.69) is 5.32 Å². The van der Waals surface area contributed by atoms with Crippen molar-refractivity contribution in [2.75, 3.05) is 32.8 Å². The Morgan fingerprint density at radius 2 is 1.78 bits per heavy atom. The zero-order chi connectivity index (χ0) is 26.0. The molecule has 10 heteroatoms. The highest BCUT2D eigenvalue weighted by Crippen LogP contribution is 2.39. The third-order valence-corrected chi connectivity index (χ3v) is 7.52. The lowest BCUT2D eigenvalue weighted by Gasteiger charge is -2.44. The molecule has 8 nitrogen and oxygen atoms in total. The average molecular weight is 530 g/mol. The molecule has 1 N–H and O–H groups in total. The molecule has 3 saturated heterocycles. The van der Waals surface area contributed by atoms with E-state index in [1.165, 1.54) is 23.1 Å². The zero-order valence-corrected chi connectivity index (χ0v) is 21.1. The average Bonchev–Trinajstić information content (AvgIpc) is 3.55. The fourth-order valence-corrected chi connectivity index (χ4v) is 5.52. The number of nitrogens with one attached hydrogen (secondary N) is 1. The van der Waals surface area contributed by atoms with Gasteiger partial charge in [-0.3, -0.25) is 19.3 Å². The molecule has 2 aromatic rings. The Bertz CT molecular complexity index is 1180. The van der Waals surface area contributed by atoms with Crippen LogP contribution in [-0.2, 0) is 14.3 Å². The van der Waals surface area contributed by atoms with Crippen molar-refractivity contribution >= 4 is 29.3 Å². The molecule has 3 fully saturated rings. The Kier molecular flexibility index (Phi) is 7.46. The Morgan fingerprint density at radius 3 is 2.46 bits per heavy atom. The molecule has 3 amide bonds. The van der Waals surface area contributed by atoms with E-state index in [0.717, 1.165) is 18.9 Å². The number of nitrogens with zero attached hydrogens (tertiary/aromatic N) is 2. The van der Waals surface area contributed by atoms with Gasteiger partial charge in [0.1, 0.15) is 17.6 Å². The first kappa shape index (κ1) is 25.6. The Labute approximate surface area is 219 Å². The van der Waals surface area contributed by atoms with E-state index in [9.17, 15) is 18.8 Å². The second kappa shape index (κ2) is 10.8.